The van der Waals surface area contributed by atoms with Gasteiger partial charge in [0.1, 0.15) is 0 Å². The quantitative estimate of drug-likeness (QED) is 0.781. The molecule has 1 aromatic carbocycles. The average molecular weight is 234 g/mol. The van der Waals surface area contributed by atoms with E-state index in [4.69, 9.17) is 10.8 Å². The predicted molar refractivity (Wildman–Crippen MR) is 66.8 cm³/mol. The minimum atomic E-state index is -0.768. The lowest BCUT2D eigenvalue weighted by Gasteiger charge is -2.36. The first-order chi connectivity index (χ1) is 8.11. The standard InChI is InChI=1S/C13H18N2O2/c1-2-12-11-7-10(14)4-3-9(11)5-6-15(12)8-13(16)17/h3-4,7,12H,2,5-6,8,14H2,1H3,(H,16,17). The summed E-state index contributed by atoms with van der Waals surface area (Å²) in [5.41, 5.74) is 9.05. The maximum atomic E-state index is 10.8. The van der Waals surface area contributed by atoms with Crippen LogP contribution in [-0.2, 0) is 11.2 Å². The Morgan fingerprint density at radius 2 is 2.35 bits per heavy atom. The number of anilines is 1. The van der Waals surface area contributed by atoms with Crippen LogP contribution in [0.15, 0.2) is 18.2 Å². The number of carbonyl (C=O) groups is 1. The fourth-order valence-electron chi connectivity index (χ4n) is 2.61. The van der Waals surface area contributed by atoms with Gasteiger partial charge in [-0.05, 0) is 36.1 Å². The van der Waals surface area contributed by atoms with Gasteiger partial charge >= 0.3 is 5.97 Å². The van der Waals surface area contributed by atoms with E-state index < -0.39 is 5.97 Å². The van der Waals surface area contributed by atoms with Gasteiger partial charge in [-0.3, -0.25) is 9.69 Å². The molecule has 0 aliphatic carbocycles. The van der Waals surface area contributed by atoms with Gasteiger partial charge in [-0.25, -0.2) is 0 Å². The van der Waals surface area contributed by atoms with E-state index in [-0.39, 0.29) is 12.6 Å². The van der Waals surface area contributed by atoms with Crippen molar-refractivity contribution in [3.05, 3.63) is 29.3 Å². The van der Waals surface area contributed by atoms with Crippen molar-refractivity contribution in [3.8, 4) is 0 Å². The molecule has 1 unspecified atom stereocenters. The second-order valence-electron chi connectivity index (χ2n) is 4.50. The molecule has 92 valence electrons. The Morgan fingerprint density at radius 3 is 3.00 bits per heavy atom. The largest absolute Gasteiger partial charge is 0.480 e. The van der Waals surface area contributed by atoms with Gasteiger partial charge in [-0.15, -0.1) is 0 Å². The number of fused-ring (bicyclic) bond motifs is 1. The fraction of sp³-hybridized carbons (Fsp3) is 0.462. The minimum absolute atomic E-state index is 0.104. The number of aliphatic carboxylic acids is 1. The third-order valence-electron chi connectivity index (χ3n) is 3.36. The Bertz CT molecular complexity index is 431. The number of carboxylic acids is 1. The first-order valence-corrected chi connectivity index (χ1v) is 5.96. The van der Waals surface area contributed by atoms with Crippen LogP contribution in [0.1, 0.15) is 30.5 Å². The summed E-state index contributed by atoms with van der Waals surface area (Å²) in [5, 5.41) is 8.92. The molecule has 0 fully saturated rings. The molecule has 0 radical (unpaired) electrons. The fourth-order valence-corrected chi connectivity index (χ4v) is 2.61. The summed E-state index contributed by atoms with van der Waals surface area (Å²) in [6.45, 7) is 2.99. The Hall–Kier alpha value is -1.55. The molecule has 1 aromatic rings. The van der Waals surface area contributed by atoms with Crippen LogP contribution in [0, 0.1) is 0 Å². The highest BCUT2D eigenvalue weighted by molar-refractivity contribution is 5.69. The van der Waals surface area contributed by atoms with Crippen molar-refractivity contribution < 1.29 is 9.90 Å². The number of benzene rings is 1. The molecule has 4 heteroatoms. The monoisotopic (exact) mass is 234 g/mol. The molecule has 1 heterocycles. The maximum absolute atomic E-state index is 10.8. The number of nitrogens with two attached hydrogens (primary N) is 1. The Balaban J connectivity index is 2.31. The third-order valence-corrected chi connectivity index (χ3v) is 3.36. The van der Waals surface area contributed by atoms with Gasteiger partial charge in [-0.1, -0.05) is 13.0 Å². The van der Waals surface area contributed by atoms with E-state index in [1.165, 1.54) is 11.1 Å². The van der Waals surface area contributed by atoms with Crippen LogP contribution in [0.3, 0.4) is 0 Å². The molecule has 17 heavy (non-hydrogen) atoms. The number of hydrogen-bond acceptors (Lipinski definition) is 3. The van der Waals surface area contributed by atoms with Crippen molar-refractivity contribution in [1.82, 2.24) is 4.90 Å². The molecule has 0 saturated carbocycles. The first-order valence-electron chi connectivity index (χ1n) is 5.96. The molecule has 0 spiro atoms. The summed E-state index contributed by atoms with van der Waals surface area (Å²) in [5.74, 6) is -0.768. The Kier molecular flexibility index (Phi) is 3.33. The normalized spacial score (nSPS) is 19.9. The molecule has 0 bridgehead atoms. The van der Waals surface area contributed by atoms with Gasteiger partial charge in [0.15, 0.2) is 0 Å². The highest BCUT2D eigenvalue weighted by Gasteiger charge is 2.27. The van der Waals surface area contributed by atoms with E-state index in [0.717, 1.165) is 25.1 Å². The van der Waals surface area contributed by atoms with Crippen LogP contribution in [0.5, 0.6) is 0 Å². The summed E-state index contributed by atoms with van der Waals surface area (Å²) >= 11 is 0. The smallest absolute Gasteiger partial charge is 0.317 e. The van der Waals surface area contributed by atoms with Gasteiger partial charge in [0.25, 0.3) is 0 Å². The second-order valence-corrected chi connectivity index (χ2v) is 4.50. The molecule has 1 aliphatic rings. The summed E-state index contributed by atoms with van der Waals surface area (Å²) in [6, 6.07) is 6.14. The highest BCUT2D eigenvalue weighted by atomic mass is 16.4. The van der Waals surface area contributed by atoms with Gasteiger partial charge in [0.05, 0.1) is 6.54 Å². The molecular formula is C13H18N2O2. The maximum Gasteiger partial charge on any atom is 0.317 e. The summed E-state index contributed by atoms with van der Waals surface area (Å²) in [7, 11) is 0. The van der Waals surface area contributed by atoms with Crippen molar-refractivity contribution >= 4 is 11.7 Å². The Morgan fingerprint density at radius 1 is 1.59 bits per heavy atom. The molecule has 2 rings (SSSR count). The lowest BCUT2D eigenvalue weighted by atomic mass is 9.90. The van der Waals surface area contributed by atoms with Crippen molar-refractivity contribution in [2.75, 3.05) is 18.8 Å². The molecular weight excluding hydrogens is 216 g/mol. The van der Waals surface area contributed by atoms with Gasteiger partial charge < -0.3 is 10.8 Å². The minimum Gasteiger partial charge on any atom is -0.480 e. The van der Waals surface area contributed by atoms with Crippen molar-refractivity contribution in [3.63, 3.8) is 0 Å². The van der Waals surface area contributed by atoms with Crippen LogP contribution in [0.2, 0.25) is 0 Å². The number of carboxylic acid groups (broad SMARTS) is 1. The van der Waals surface area contributed by atoms with E-state index in [1.54, 1.807) is 0 Å². The SMILES string of the molecule is CCC1c2cc(N)ccc2CCN1CC(=O)O. The molecule has 1 atom stereocenters. The zero-order chi connectivity index (χ0) is 12.4. The van der Waals surface area contributed by atoms with Gasteiger partial charge in [0, 0.05) is 18.3 Å². The Labute approximate surface area is 101 Å². The number of hydrogen-bond donors (Lipinski definition) is 2. The van der Waals surface area contributed by atoms with Crippen LogP contribution in [-0.4, -0.2) is 29.1 Å². The predicted octanol–water partition coefficient (Wildman–Crippen LogP) is 1.66. The van der Waals surface area contributed by atoms with Crippen LogP contribution >= 0.6 is 0 Å². The highest BCUT2D eigenvalue weighted by Crippen LogP contribution is 2.32. The topological polar surface area (TPSA) is 66.6 Å². The van der Waals surface area contributed by atoms with Gasteiger partial charge in [0.2, 0.25) is 0 Å². The molecule has 1 aliphatic heterocycles. The zero-order valence-electron chi connectivity index (χ0n) is 10.0. The molecule has 0 saturated heterocycles. The number of nitrogen functional groups attached to an aromatic ring is 1. The number of nitrogens with zero attached hydrogens (tertiary/aromatic N) is 1. The number of rotatable bonds is 3. The van der Waals surface area contributed by atoms with Crippen molar-refractivity contribution in [2.45, 2.75) is 25.8 Å². The lowest BCUT2D eigenvalue weighted by Crippen LogP contribution is -2.38. The van der Waals surface area contributed by atoms with Crippen molar-refractivity contribution in [1.29, 1.82) is 0 Å². The summed E-state index contributed by atoms with van der Waals surface area (Å²) in [4.78, 5) is 12.9. The van der Waals surface area contributed by atoms with E-state index in [2.05, 4.69) is 13.0 Å². The zero-order valence-corrected chi connectivity index (χ0v) is 10.0. The summed E-state index contributed by atoms with van der Waals surface area (Å²) < 4.78 is 0. The van der Waals surface area contributed by atoms with E-state index in [0.29, 0.717) is 0 Å². The second kappa shape index (κ2) is 4.75. The van der Waals surface area contributed by atoms with Crippen LogP contribution in [0.4, 0.5) is 5.69 Å². The van der Waals surface area contributed by atoms with E-state index >= 15 is 0 Å². The molecule has 3 N–H and O–H groups in total. The van der Waals surface area contributed by atoms with Crippen LogP contribution in [0.25, 0.3) is 0 Å². The summed E-state index contributed by atoms with van der Waals surface area (Å²) in [6.07, 6.45) is 1.81. The molecule has 4 nitrogen and oxygen atoms in total. The molecule has 0 amide bonds. The lowest BCUT2D eigenvalue weighted by molar-refractivity contribution is -0.139. The van der Waals surface area contributed by atoms with E-state index in [9.17, 15) is 4.79 Å². The van der Waals surface area contributed by atoms with Crippen LogP contribution < -0.4 is 5.73 Å². The first kappa shape index (κ1) is 11.9. The van der Waals surface area contributed by atoms with Crippen molar-refractivity contribution in [2.24, 2.45) is 0 Å². The van der Waals surface area contributed by atoms with E-state index in [1.807, 2.05) is 17.0 Å². The average Bonchev–Trinajstić information content (AvgIpc) is 2.28. The van der Waals surface area contributed by atoms with Gasteiger partial charge in [-0.2, -0.15) is 0 Å². The third kappa shape index (κ3) is 2.42. The molecule has 0 aromatic heterocycles.